The predicted octanol–water partition coefficient (Wildman–Crippen LogP) is 3.55. The van der Waals surface area contributed by atoms with Gasteiger partial charge in [-0.3, -0.25) is 0 Å². The molecule has 14 heavy (non-hydrogen) atoms. The molecule has 0 aromatic heterocycles. The van der Waals surface area contributed by atoms with Crippen LogP contribution in [0, 0.1) is 12.7 Å². The van der Waals surface area contributed by atoms with Crippen LogP contribution >= 0.6 is 24.0 Å². The van der Waals surface area contributed by atoms with Crippen LogP contribution in [0.2, 0.25) is 0 Å². The molecule has 0 saturated carbocycles. The van der Waals surface area contributed by atoms with Gasteiger partial charge in [0.15, 0.2) is 0 Å². The molecule has 0 aliphatic rings. The number of aryl methyl sites for hydroxylation is 1. The largest absolute Gasteiger partial charge is 0.479 e. The smallest absolute Gasteiger partial charge is 0.224 e. The normalized spacial score (nSPS) is 9.93. The summed E-state index contributed by atoms with van der Waals surface area (Å²) >= 11 is 6.19. The van der Waals surface area contributed by atoms with E-state index in [0.29, 0.717) is 16.6 Å². The van der Waals surface area contributed by atoms with Crippen molar-refractivity contribution < 1.29 is 9.13 Å². The van der Waals surface area contributed by atoms with Gasteiger partial charge < -0.3 is 4.74 Å². The first-order valence-corrected chi connectivity index (χ1v) is 5.46. The second-order valence-electron chi connectivity index (χ2n) is 2.70. The van der Waals surface area contributed by atoms with E-state index in [2.05, 4.69) is 0 Å². The fourth-order valence-corrected chi connectivity index (χ4v) is 1.95. The van der Waals surface area contributed by atoms with Crippen LogP contribution in [0.25, 0.3) is 0 Å². The summed E-state index contributed by atoms with van der Waals surface area (Å²) in [5, 5.41) is 0. The zero-order chi connectivity index (χ0) is 10.6. The Bertz CT molecular complexity index is 339. The SMILES string of the molecule is CCOC(=S)Sc1ccc(C)c(F)c1. The van der Waals surface area contributed by atoms with Crippen molar-refractivity contribution in [3.05, 3.63) is 29.6 Å². The van der Waals surface area contributed by atoms with Crippen LogP contribution in [0.15, 0.2) is 23.1 Å². The summed E-state index contributed by atoms with van der Waals surface area (Å²) in [6.07, 6.45) is 0. The Labute approximate surface area is 92.7 Å². The van der Waals surface area contributed by atoms with Gasteiger partial charge in [0.05, 0.1) is 6.61 Å². The maximum atomic E-state index is 13.1. The van der Waals surface area contributed by atoms with E-state index in [-0.39, 0.29) is 5.82 Å². The molecule has 0 aliphatic carbocycles. The van der Waals surface area contributed by atoms with Crippen molar-refractivity contribution in [2.24, 2.45) is 0 Å². The summed E-state index contributed by atoms with van der Waals surface area (Å²) in [6.45, 7) is 4.13. The molecular weight excluding hydrogens is 219 g/mol. The monoisotopic (exact) mass is 230 g/mol. The maximum Gasteiger partial charge on any atom is 0.224 e. The Morgan fingerprint density at radius 1 is 1.57 bits per heavy atom. The molecule has 0 radical (unpaired) electrons. The van der Waals surface area contributed by atoms with Crippen LogP contribution in [0.1, 0.15) is 12.5 Å². The number of halogens is 1. The molecule has 0 atom stereocenters. The number of thiocarbonyl (C=S) groups is 1. The number of thioether (sulfide) groups is 1. The molecule has 1 aromatic rings. The minimum absolute atomic E-state index is 0.214. The highest BCUT2D eigenvalue weighted by Crippen LogP contribution is 2.22. The highest BCUT2D eigenvalue weighted by Gasteiger charge is 2.03. The van der Waals surface area contributed by atoms with Crippen LogP contribution in [0.4, 0.5) is 4.39 Å². The first-order chi connectivity index (χ1) is 6.63. The minimum atomic E-state index is -0.214. The molecule has 0 heterocycles. The van der Waals surface area contributed by atoms with Gasteiger partial charge >= 0.3 is 0 Å². The van der Waals surface area contributed by atoms with Crippen molar-refractivity contribution in [2.75, 3.05) is 6.61 Å². The second-order valence-corrected chi connectivity index (χ2v) is 4.37. The Hall–Kier alpha value is -0.610. The van der Waals surface area contributed by atoms with Crippen molar-refractivity contribution in [3.63, 3.8) is 0 Å². The third-order valence-electron chi connectivity index (χ3n) is 1.61. The van der Waals surface area contributed by atoms with E-state index in [1.165, 1.54) is 17.8 Å². The van der Waals surface area contributed by atoms with Gasteiger partial charge in [-0.15, -0.1) is 0 Å². The molecule has 0 unspecified atom stereocenters. The lowest BCUT2D eigenvalue weighted by molar-refractivity contribution is 0.346. The maximum absolute atomic E-state index is 13.1. The van der Waals surface area contributed by atoms with E-state index >= 15 is 0 Å². The molecule has 0 amide bonds. The van der Waals surface area contributed by atoms with E-state index in [4.69, 9.17) is 17.0 Å². The summed E-state index contributed by atoms with van der Waals surface area (Å²) in [5.74, 6) is -0.214. The van der Waals surface area contributed by atoms with Crippen LogP contribution in [-0.4, -0.2) is 11.0 Å². The van der Waals surface area contributed by atoms with Gasteiger partial charge in [-0.05, 0) is 55.5 Å². The average Bonchev–Trinajstić information content (AvgIpc) is 2.12. The van der Waals surface area contributed by atoms with Gasteiger partial charge in [0.1, 0.15) is 5.82 Å². The molecule has 1 nitrogen and oxygen atoms in total. The van der Waals surface area contributed by atoms with Crippen molar-refractivity contribution in [3.8, 4) is 0 Å². The molecule has 76 valence electrons. The van der Waals surface area contributed by atoms with Gasteiger partial charge in [-0.2, -0.15) is 0 Å². The summed E-state index contributed by atoms with van der Waals surface area (Å²) in [4.78, 5) is 0.770. The lowest BCUT2D eigenvalue weighted by Crippen LogP contribution is -1.95. The van der Waals surface area contributed by atoms with E-state index in [1.54, 1.807) is 13.0 Å². The van der Waals surface area contributed by atoms with Crippen molar-refractivity contribution in [2.45, 2.75) is 18.7 Å². The van der Waals surface area contributed by atoms with Crippen molar-refractivity contribution in [1.82, 2.24) is 0 Å². The van der Waals surface area contributed by atoms with Crippen LogP contribution in [0.3, 0.4) is 0 Å². The number of rotatable bonds is 2. The van der Waals surface area contributed by atoms with Gasteiger partial charge in [0.25, 0.3) is 0 Å². The highest BCUT2D eigenvalue weighted by molar-refractivity contribution is 8.22. The topological polar surface area (TPSA) is 9.23 Å². The molecular formula is C10H11FOS2. The Morgan fingerprint density at radius 3 is 2.86 bits per heavy atom. The van der Waals surface area contributed by atoms with E-state index < -0.39 is 0 Å². The first-order valence-electron chi connectivity index (χ1n) is 4.24. The van der Waals surface area contributed by atoms with Crippen LogP contribution in [-0.2, 0) is 4.74 Å². The van der Waals surface area contributed by atoms with Gasteiger partial charge in [0.2, 0.25) is 4.38 Å². The zero-order valence-electron chi connectivity index (χ0n) is 8.04. The average molecular weight is 230 g/mol. The van der Waals surface area contributed by atoms with E-state index in [9.17, 15) is 4.39 Å². The standard InChI is InChI=1S/C10H11FOS2/c1-3-12-10(13)14-8-5-4-7(2)9(11)6-8/h4-6H,3H2,1-2H3. The molecule has 4 heteroatoms. The Morgan fingerprint density at radius 2 is 2.29 bits per heavy atom. The quantitative estimate of drug-likeness (QED) is 0.568. The second kappa shape index (κ2) is 5.32. The van der Waals surface area contributed by atoms with E-state index in [1.807, 2.05) is 13.0 Å². The third kappa shape index (κ3) is 3.27. The van der Waals surface area contributed by atoms with Crippen LogP contribution < -0.4 is 0 Å². The fourth-order valence-electron chi connectivity index (χ4n) is 0.881. The third-order valence-corrected chi connectivity index (χ3v) is 2.75. The summed E-state index contributed by atoms with van der Waals surface area (Å²) < 4.78 is 18.6. The summed E-state index contributed by atoms with van der Waals surface area (Å²) in [5.41, 5.74) is 0.636. The molecule has 1 rings (SSSR count). The Kier molecular flexibility index (Phi) is 4.35. The van der Waals surface area contributed by atoms with Gasteiger partial charge in [-0.1, -0.05) is 6.07 Å². The number of ether oxygens (including phenoxy) is 1. The fraction of sp³-hybridized carbons (Fsp3) is 0.300. The minimum Gasteiger partial charge on any atom is -0.479 e. The lowest BCUT2D eigenvalue weighted by Gasteiger charge is -2.04. The molecule has 0 bridgehead atoms. The molecule has 0 fully saturated rings. The first kappa shape index (κ1) is 11.5. The predicted molar refractivity (Wildman–Crippen MR) is 61.2 cm³/mol. The molecule has 1 aromatic carbocycles. The van der Waals surface area contributed by atoms with Crippen molar-refractivity contribution >= 4 is 28.4 Å². The molecule has 0 saturated heterocycles. The highest BCUT2D eigenvalue weighted by atomic mass is 32.2. The summed E-state index contributed by atoms with van der Waals surface area (Å²) in [6, 6.07) is 5.02. The van der Waals surface area contributed by atoms with Gasteiger partial charge in [-0.25, -0.2) is 4.39 Å². The molecule has 0 aliphatic heterocycles. The van der Waals surface area contributed by atoms with E-state index in [0.717, 1.165) is 4.90 Å². The lowest BCUT2D eigenvalue weighted by atomic mass is 10.2. The number of hydrogen-bond donors (Lipinski definition) is 0. The Balaban J connectivity index is 2.68. The molecule has 0 N–H and O–H groups in total. The zero-order valence-corrected chi connectivity index (χ0v) is 9.67. The van der Waals surface area contributed by atoms with Gasteiger partial charge in [0, 0.05) is 4.90 Å². The summed E-state index contributed by atoms with van der Waals surface area (Å²) in [7, 11) is 0. The number of hydrogen-bond acceptors (Lipinski definition) is 3. The van der Waals surface area contributed by atoms with Crippen molar-refractivity contribution in [1.29, 1.82) is 0 Å². The van der Waals surface area contributed by atoms with Crippen LogP contribution in [0.5, 0.6) is 0 Å². The number of benzene rings is 1. The molecule has 0 spiro atoms.